The topological polar surface area (TPSA) is 180 Å². The third kappa shape index (κ3) is 7.73. The van der Waals surface area contributed by atoms with Crippen LogP contribution in [0.3, 0.4) is 0 Å². The van der Waals surface area contributed by atoms with Gasteiger partial charge in [-0.05, 0) is 53.5 Å². The van der Waals surface area contributed by atoms with Crippen molar-refractivity contribution >= 4 is 39.6 Å². The van der Waals surface area contributed by atoms with Crippen molar-refractivity contribution in [3.8, 4) is 16.8 Å². The Bertz CT molecular complexity index is 2270. The minimum Gasteiger partial charge on any atom is -0.447 e. The molecule has 2 aliphatic rings. The molecule has 21 heteroatoms. The fraction of sp³-hybridized carbons (Fsp3) is 0.412. The quantitative estimate of drug-likeness (QED) is 0.175. The van der Waals surface area contributed by atoms with E-state index >= 15 is 0 Å². The second-order valence-corrected chi connectivity index (χ2v) is 16.8. The summed E-state index contributed by atoms with van der Waals surface area (Å²) in [6.45, 7) is 4.85. The van der Waals surface area contributed by atoms with Crippen LogP contribution in [-0.2, 0) is 25.1 Å². The van der Waals surface area contributed by atoms with E-state index in [9.17, 15) is 40.0 Å². The molecule has 1 saturated carbocycles. The van der Waals surface area contributed by atoms with Gasteiger partial charge >= 0.3 is 12.3 Å². The van der Waals surface area contributed by atoms with E-state index in [1.165, 1.54) is 30.6 Å². The van der Waals surface area contributed by atoms with Gasteiger partial charge in [-0.15, -0.1) is 0 Å². The number of aromatic nitrogens is 5. The van der Waals surface area contributed by atoms with Gasteiger partial charge in [-0.2, -0.15) is 27.5 Å². The van der Waals surface area contributed by atoms with Crippen molar-refractivity contribution in [2.75, 3.05) is 12.9 Å². The van der Waals surface area contributed by atoms with Crippen LogP contribution in [0.1, 0.15) is 69.5 Å². The van der Waals surface area contributed by atoms with Crippen molar-refractivity contribution in [1.82, 2.24) is 34.2 Å². The molecule has 0 radical (unpaired) electrons. The van der Waals surface area contributed by atoms with Gasteiger partial charge in [0.15, 0.2) is 17.3 Å². The molecule has 0 unspecified atom stereocenters. The molecule has 2 atom stereocenters. The molecule has 3 N–H and O–H groups in total. The third-order valence-corrected chi connectivity index (χ3v) is 10.4. The number of aliphatic imine (C=N–C) groups is 1. The Labute approximate surface area is 316 Å². The van der Waals surface area contributed by atoms with Gasteiger partial charge in [0, 0.05) is 5.56 Å². The zero-order chi connectivity index (χ0) is 40.3. The highest BCUT2D eigenvalue weighted by molar-refractivity contribution is 7.89. The summed E-state index contributed by atoms with van der Waals surface area (Å²) >= 11 is 6.41. The van der Waals surface area contributed by atoms with Crippen LogP contribution in [0.4, 0.5) is 26.7 Å². The van der Waals surface area contributed by atoms with E-state index in [0.29, 0.717) is 16.7 Å². The average Bonchev–Trinajstić information content (AvgIpc) is 3.40. The largest absolute Gasteiger partial charge is 0.447 e. The van der Waals surface area contributed by atoms with E-state index in [4.69, 9.17) is 27.1 Å². The Morgan fingerprint density at radius 1 is 1.07 bits per heavy atom. The molecule has 2 amide bonds. The highest BCUT2D eigenvalue weighted by Gasteiger charge is 2.64. The SMILES string of the molecule is CC(C)(C)C[C@]1(c2ccc(-c3cnn(S(C)(=O)=O)c3)cc2)N=C(N)N([C@H](COC(=O)NC2(C(F)(F)F)CC2)c2ccc(Cl)c(-n3ncnc3C(F)F)c2)C1=O. The molecule has 14 nitrogen and oxygen atoms in total. The molecular formula is C34H35ClF5N9O5S. The summed E-state index contributed by atoms with van der Waals surface area (Å²) in [5.74, 6) is -1.77. The van der Waals surface area contributed by atoms with E-state index in [1.54, 1.807) is 24.3 Å². The molecule has 0 bridgehead atoms. The van der Waals surface area contributed by atoms with Crippen LogP contribution in [0.25, 0.3) is 16.8 Å². The summed E-state index contributed by atoms with van der Waals surface area (Å²) in [4.78, 5) is 37.1. The second kappa shape index (κ2) is 13.9. The van der Waals surface area contributed by atoms with Gasteiger partial charge in [0.25, 0.3) is 22.4 Å². The van der Waals surface area contributed by atoms with Crippen LogP contribution in [0.15, 0.2) is 66.2 Å². The van der Waals surface area contributed by atoms with Crippen molar-refractivity contribution in [3.63, 3.8) is 0 Å². The minimum absolute atomic E-state index is 0.0481. The fourth-order valence-electron chi connectivity index (χ4n) is 6.44. The number of carbonyl (C=O) groups excluding carboxylic acids is 2. The number of hydrogen-bond donors (Lipinski definition) is 2. The molecule has 4 aromatic rings. The predicted octanol–water partition coefficient (Wildman–Crippen LogP) is 5.88. The monoisotopic (exact) mass is 811 g/mol. The van der Waals surface area contributed by atoms with Crippen molar-refractivity contribution in [1.29, 1.82) is 0 Å². The number of nitrogens with two attached hydrogens (primary N) is 1. The Morgan fingerprint density at radius 2 is 1.75 bits per heavy atom. The van der Waals surface area contributed by atoms with Gasteiger partial charge in [-0.1, -0.05) is 62.7 Å². The molecule has 1 aliphatic heterocycles. The molecule has 55 heavy (non-hydrogen) atoms. The van der Waals surface area contributed by atoms with Gasteiger partial charge in [-0.3, -0.25) is 9.69 Å². The Balaban J connectivity index is 1.41. The zero-order valence-corrected chi connectivity index (χ0v) is 31.3. The number of alkyl halides is 5. The summed E-state index contributed by atoms with van der Waals surface area (Å²) < 4.78 is 99.6. The smallest absolute Gasteiger partial charge is 0.411 e. The lowest BCUT2D eigenvalue weighted by atomic mass is 9.75. The van der Waals surface area contributed by atoms with Gasteiger partial charge in [0.2, 0.25) is 0 Å². The first-order chi connectivity index (χ1) is 25.5. The predicted molar refractivity (Wildman–Crippen MR) is 189 cm³/mol. The standard InChI is InChI=1S/C34H35ClF5N9O5S/c1-31(2,3)17-33(22-8-5-19(6-9-22)21-14-43-47(15-21)55(4,52)53)28(50)48(29(41)45-33)25(16-54-30(51)46-32(11-12-32)34(38,39)40)20-7-10-23(35)24(13-20)49-27(26(36)37)42-18-44-49/h5-10,13-15,18,25-26H,11-12,16-17H2,1-4H3,(H2,41,45)(H,46,51)/t25-,33-/m1/s1. The lowest BCUT2D eigenvalue weighted by Gasteiger charge is -2.35. The highest BCUT2D eigenvalue weighted by atomic mass is 35.5. The van der Waals surface area contributed by atoms with Gasteiger partial charge in [0.1, 0.15) is 18.5 Å². The van der Waals surface area contributed by atoms with Crippen LogP contribution in [-0.4, -0.2) is 79.8 Å². The lowest BCUT2D eigenvalue weighted by molar-refractivity contribution is -0.164. The molecule has 1 aliphatic carbocycles. The summed E-state index contributed by atoms with van der Waals surface area (Å²) in [7, 11) is -3.65. The van der Waals surface area contributed by atoms with E-state index in [-0.39, 0.29) is 41.5 Å². The van der Waals surface area contributed by atoms with Crippen LogP contribution >= 0.6 is 11.6 Å². The Morgan fingerprint density at radius 3 is 2.31 bits per heavy atom. The molecule has 2 aromatic carbocycles. The average molecular weight is 812 g/mol. The van der Waals surface area contributed by atoms with Gasteiger partial charge < -0.3 is 15.8 Å². The number of ether oxygens (including phenoxy) is 1. The Kier molecular flexibility index (Phi) is 9.99. The third-order valence-electron chi connectivity index (χ3n) is 9.18. The number of halogens is 6. The first-order valence-electron chi connectivity index (χ1n) is 16.6. The normalized spacial score (nSPS) is 19.1. The van der Waals surface area contributed by atoms with Crippen molar-refractivity contribution in [2.24, 2.45) is 16.1 Å². The number of amides is 2. The number of rotatable bonds is 11. The minimum atomic E-state index is -4.74. The van der Waals surface area contributed by atoms with Gasteiger partial charge in [0.05, 0.1) is 35.4 Å². The molecule has 0 saturated heterocycles. The van der Waals surface area contributed by atoms with E-state index < -0.39 is 69.6 Å². The van der Waals surface area contributed by atoms with Crippen molar-refractivity contribution in [3.05, 3.63) is 83.2 Å². The van der Waals surface area contributed by atoms with Crippen molar-refractivity contribution in [2.45, 2.75) is 69.8 Å². The molecule has 0 spiro atoms. The summed E-state index contributed by atoms with van der Waals surface area (Å²) in [5, 5.41) is 9.58. The first-order valence-corrected chi connectivity index (χ1v) is 18.8. The first kappa shape index (κ1) is 39.6. The number of nitrogens with zero attached hydrogens (tertiary/aromatic N) is 7. The molecule has 2 aromatic heterocycles. The van der Waals surface area contributed by atoms with E-state index in [2.05, 4.69) is 15.2 Å². The van der Waals surface area contributed by atoms with Crippen molar-refractivity contribution < 1.29 is 44.7 Å². The summed E-state index contributed by atoms with van der Waals surface area (Å²) in [6.07, 6.45) is -5.23. The number of benzene rings is 2. The molecule has 3 heterocycles. The number of guanidine groups is 1. The molecule has 6 rings (SSSR count). The maximum Gasteiger partial charge on any atom is 0.411 e. The second-order valence-electron chi connectivity index (χ2n) is 14.5. The zero-order valence-electron chi connectivity index (χ0n) is 29.7. The number of hydrogen-bond acceptors (Lipinski definition) is 10. The maximum absolute atomic E-state index is 14.9. The molecular weight excluding hydrogens is 777 g/mol. The Hall–Kier alpha value is -5.11. The van der Waals surface area contributed by atoms with Crippen LogP contribution in [0.2, 0.25) is 5.02 Å². The maximum atomic E-state index is 14.9. The van der Waals surface area contributed by atoms with E-state index in [1.807, 2.05) is 26.1 Å². The van der Waals surface area contributed by atoms with Crippen LogP contribution in [0, 0.1) is 5.41 Å². The fourth-order valence-corrected chi connectivity index (χ4v) is 7.16. The molecule has 294 valence electrons. The lowest BCUT2D eigenvalue weighted by Crippen LogP contribution is -2.50. The summed E-state index contributed by atoms with van der Waals surface area (Å²) in [6, 6.07) is 9.19. The summed E-state index contributed by atoms with van der Waals surface area (Å²) in [5.41, 5.74) is 3.29. The number of alkyl carbamates (subject to hydrolysis) is 1. The molecule has 1 fully saturated rings. The number of carbonyl (C=O) groups is 2. The van der Waals surface area contributed by atoms with E-state index in [0.717, 1.165) is 26.3 Å². The van der Waals surface area contributed by atoms with Crippen LogP contribution in [0.5, 0.6) is 0 Å². The van der Waals surface area contributed by atoms with Gasteiger partial charge in [-0.25, -0.2) is 36.7 Å². The highest BCUT2D eigenvalue weighted by Crippen LogP contribution is 2.49. The van der Waals surface area contributed by atoms with Crippen LogP contribution < -0.4 is 11.1 Å². The number of nitrogens with one attached hydrogen (secondary N) is 1.